The first-order valence-electron chi connectivity index (χ1n) is 12.2. The smallest absolute Gasteiger partial charge is 0.326 e. The normalized spacial score (nSPS) is 14.8. The maximum atomic E-state index is 12.9. The van der Waals surface area contributed by atoms with Crippen LogP contribution < -0.4 is 32.7 Å². The van der Waals surface area contributed by atoms with Crippen LogP contribution in [0.15, 0.2) is 24.3 Å². The number of carboxylic acid groups (broad SMARTS) is 1. The SMILES string of the molecule is CC(NC(=O)C(N)CO)C(=O)NC(CCCCN)C(=O)NC(C)C(=O)NC(Cc1ccc(O)cc1)C(=O)O. The van der Waals surface area contributed by atoms with E-state index < -0.39 is 66.4 Å². The Morgan fingerprint density at radius 3 is 1.84 bits per heavy atom. The Kier molecular flexibility index (Phi) is 13.7. The molecule has 1 aromatic rings. The molecule has 14 nitrogen and oxygen atoms in total. The van der Waals surface area contributed by atoms with E-state index in [4.69, 9.17) is 16.6 Å². The van der Waals surface area contributed by atoms with Crippen LogP contribution in [0, 0.1) is 0 Å². The number of benzene rings is 1. The second-order valence-corrected chi connectivity index (χ2v) is 8.87. The lowest BCUT2D eigenvalue weighted by atomic mass is 10.1. The third-order valence-electron chi connectivity index (χ3n) is 5.61. The molecule has 0 saturated heterocycles. The van der Waals surface area contributed by atoms with Gasteiger partial charge >= 0.3 is 5.97 Å². The quantitative estimate of drug-likeness (QED) is 0.0996. The van der Waals surface area contributed by atoms with Crippen LogP contribution in [0.4, 0.5) is 0 Å². The lowest BCUT2D eigenvalue weighted by molar-refractivity contribution is -0.142. The number of carbonyl (C=O) groups excluding carboxylic acids is 4. The number of amides is 4. The average molecular weight is 539 g/mol. The summed E-state index contributed by atoms with van der Waals surface area (Å²) in [6.45, 7) is 2.50. The van der Waals surface area contributed by atoms with Gasteiger partial charge in [0.25, 0.3) is 0 Å². The maximum Gasteiger partial charge on any atom is 0.326 e. The highest BCUT2D eigenvalue weighted by Gasteiger charge is 2.29. The molecule has 0 aromatic heterocycles. The molecular formula is C24H38N6O8. The Labute approximate surface area is 220 Å². The molecule has 14 heteroatoms. The summed E-state index contributed by atoms with van der Waals surface area (Å²) in [5, 5.41) is 37.6. The maximum absolute atomic E-state index is 12.9. The monoisotopic (exact) mass is 538 g/mol. The zero-order chi connectivity index (χ0) is 28.8. The fourth-order valence-corrected chi connectivity index (χ4v) is 3.27. The molecule has 11 N–H and O–H groups in total. The number of unbranched alkanes of at least 4 members (excludes halogenated alkanes) is 1. The van der Waals surface area contributed by atoms with Crippen molar-refractivity contribution in [3.05, 3.63) is 29.8 Å². The molecule has 4 amide bonds. The van der Waals surface area contributed by atoms with Gasteiger partial charge in [-0.15, -0.1) is 0 Å². The fourth-order valence-electron chi connectivity index (χ4n) is 3.27. The number of aliphatic hydroxyl groups is 1. The van der Waals surface area contributed by atoms with Gasteiger partial charge < -0.3 is 48.1 Å². The summed E-state index contributed by atoms with van der Waals surface area (Å²) in [5.41, 5.74) is 11.5. The first kappa shape index (κ1) is 32.3. The summed E-state index contributed by atoms with van der Waals surface area (Å²) in [6, 6.07) is 0.0626. The molecule has 1 rings (SSSR count). The first-order chi connectivity index (χ1) is 17.9. The van der Waals surface area contributed by atoms with Gasteiger partial charge in [-0.25, -0.2) is 4.79 Å². The highest BCUT2D eigenvalue weighted by atomic mass is 16.4. The molecule has 0 radical (unpaired) electrons. The molecule has 0 fully saturated rings. The van der Waals surface area contributed by atoms with E-state index in [1.165, 1.54) is 38.1 Å². The van der Waals surface area contributed by atoms with Crippen molar-refractivity contribution >= 4 is 29.6 Å². The average Bonchev–Trinajstić information content (AvgIpc) is 2.87. The van der Waals surface area contributed by atoms with E-state index >= 15 is 0 Å². The van der Waals surface area contributed by atoms with Gasteiger partial charge in [0.2, 0.25) is 23.6 Å². The van der Waals surface area contributed by atoms with Crippen LogP contribution in [-0.4, -0.2) is 88.3 Å². The second kappa shape index (κ2) is 16.2. The van der Waals surface area contributed by atoms with Crippen LogP contribution in [-0.2, 0) is 30.4 Å². The molecule has 0 aliphatic rings. The van der Waals surface area contributed by atoms with E-state index in [0.29, 0.717) is 24.9 Å². The van der Waals surface area contributed by atoms with Crippen molar-refractivity contribution in [2.24, 2.45) is 11.5 Å². The number of hydrogen-bond donors (Lipinski definition) is 9. The van der Waals surface area contributed by atoms with E-state index in [-0.39, 0.29) is 18.6 Å². The Balaban J connectivity index is 2.81. The van der Waals surface area contributed by atoms with E-state index in [0.717, 1.165) is 0 Å². The zero-order valence-electron chi connectivity index (χ0n) is 21.5. The van der Waals surface area contributed by atoms with Gasteiger partial charge in [0, 0.05) is 6.42 Å². The Bertz CT molecular complexity index is 958. The van der Waals surface area contributed by atoms with Crippen molar-refractivity contribution < 1.29 is 39.3 Å². The van der Waals surface area contributed by atoms with E-state index in [2.05, 4.69) is 21.3 Å². The van der Waals surface area contributed by atoms with Crippen molar-refractivity contribution in [1.29, 1.82) is 0 Å². The number of aromatic hydroxyl groups is 1. The molecule has 5 unspecified atom stereocenters. The fraction of sp³-hybridized carbons (Fsp3) is 0.542. The molecule has 0 spiro atoms. The number of phenolic OH excluding ortho intramolecular Hbond substituents is 1. The molecule has 212 valence electrons. The molecule has 5 atom stereocenters. The Morgan fingerprint density at radius 1 is 0.816 bits per heavy atom. The minimum Gasteiger partial charge on any atom is -0.508 e. The Hall–Kier alpha value is -3.75. The summed E-state index contributed by atoms with van der Waals surface area (Å²) in [5.74, 6) is -4.14. The number of carboxylic acids is 1. The van der Waals surface area contributed by atoms with Crippen LogP contribution in [0.1, 0.15) is 38.7 Å². The number of aliphatic carboxylic acids is 1. The summed E-state index contributed by atoms with van der Waals surface area (Å²) >= 11 is 0. The predicted octanol–water partition coefficient (Wildman–Crippen LogP) is -2.55. The topological polar surface area (TPSA) is 246 Å². The highest BCUT2D eigenvalue weighted by molar-refractivity contribution is 5.95. The molecule has 0 aliphatic carbocycles. The van der Waals surface area contributed by atoms with Crippen LogP contribution in [0.25, 0.3) is 0 Å². The van der Waals surface area contributed by atoms with Gasteiger partial charge in [0.15, 0.2) is 0 Å². The zero-order valence-corrected chi connectivity index (χ0v) is 21.5. The van der Waals surface area contributed by atoms with Crippen molar-refractivity contribution in [2.75, 3.05) is 13.2 Å². The minimum atomic E-state index is -1.29. The summed E-state index contributed by atoms with van der Waals surface area (Å²) in [6.07, 6.45) is 1.20. The van der Waals surface area contributed by atoms with Crippen molar-refractivity contribution in [2.45, 2.75) is 69.7 Å². The van der Waals surface area contributed by atoms with Gasteiger partial charge in [0.05, 0.1) is 6.61 Å². The number of aliphatic hydroxyl groups excluding tert-OH is 1. The van der Waals surface area contributed by atoms with Crippen LogP contribution in [0.3, 0.4) is 0 Å². The predicted molar refractivity (Wildman–Crippen MR) is 136 cm³/mol. The third-order valence-corrected chi connectivity index (χ3v) is 5.61. The third kappa shape index (κ3) is 11.1. The summed E-state index contributed by atoms with van der Waals surface area (Å²) in [7, 11) is 0. The first-order valence-corrected chi connectivity index (χ1v) is 12.2. The molecule has 0 heterocycles. The van der Waals surface area contributed by atoms with E-state index in [1.807, 2.05) is 0 Å². The molecule has 0 aliphatic heterocycles. The van der Waals surface area contributed by atoms with Crippen LogP contribution in [0.5, 0.6) is 5.75 Å². The van der Waals surface area contributed by atoms with Gasteiger partial charge in [-0.05, 0) is 57.4 Å². The largest absolute Gasteiger partial charge is 0.508 e. The van der Waals surface area contributed by atoms with E-state index in [1.54, 1.807) is 0 Å². The number of nitrogens with one attached hydrogen (secondary N) is 4. The molecule has 38 heavy (non-hydrogen) atoms. The number of phenols is 1. The van der Waals surface area contributed by atoms with Gasteiger partial charge in [0.1, 0.15) is 36.0 Å². The van der Waals surface area contributed by atoms with Crippen molar-refractivity contribution in [3.8, 4) is 5.75 Å². The summed E-state index contributed by atoms with van der Waals surface area (Å²) < 4.78 is 0. The van der Waals surface area contributed by atoms with E-state index in [9.17, 15) is 34.2 Å². The lowest BCUT2D eigenvalue weighted by Gasteiger charge is -2.24. The number of hydrogen-bond acceptors (Lipinski definition) is 9. The van der Waals surface area contributed by atoms with Gasteiger partial charge in [-0.2, -0.15) is 0 Å². The molecule has 1 aromatic carbocycles. The minimum absolute atomic E-state index is 0.0135. The van der Waals surface area contributed by atoms with Gasteiger partial charge in [-0.3, -0.25) is 19.2 Å². The van der Waals surface area contributed by atoms with Crippen LogP contribution >= 0.6 is 0 Å². The molecule has 0 bridgehead atoms. The number of nitrogens with two attached hydrogens (primary N) is 2. The standard InChI is InChI=1S/C24H38N6O8/c1-13(27-22(35)17(26)12-31)20(33)29-18(5-3-4-10-25)23(36)28-14(2)21(34)30-19(24(37)38)11-15-6-8-16(32)9-7-15/h6-9,13-14,17-19,31-32H,3-5,10-12,25-26H2,1-2H3,(H,27,35)(H,28,36)(H,29,33)(H,30,34)(H,37,38). The number of rotatable bonds is 16. The second-order valence-electron chi connectivity index (χ2n) is 8.87. The molecular weight excluding hydrogens is 500 g/mol. The Morgan fingerprint density at radius 2 is 1.34 bits per heavy atom. The number of carbonyl (C=O) groups is 5. The van der Waals surface area contributed by atoms with Crippen molar-refractivity contribution in [1.82, 2.24) is 21.3 Å². The molecule has 0 saturated carbocycles. The van der Waals surface area contributed by atoms with Crippen LogP contribution in [0.2, 0.25) is 0 Å². The highest BCUT2D eigenvalue weighted by Crippen LogP contribution is 2.11. The summed E-state index contributed by atoms with van der Waals surface area (Å²) in [4.78, 5) is 61.6. The lowest BCUT2D eigenvalue weighted by Crippen LogP contribution is -2.57. The van der Waals surface area contributed by atoms with Gasteiger partial charge in [-0.1, -0.05) is 12.1 Å². The van der Waals surface area contributed by atoms with Crippen molar-refractivity contribution in [3.63, 3.8) is 0 Å².